The van der Waals surface area contributed by atoms with E-state index in [9.17, 15) is 0 Å². The Kier molecular flexibility index (Phi) is 5.60. The highest BCUT2D eigenvalue weighted by Gasteiger charge is 2.26. The molecule has 1 aliphatic rings. The van der Waals surface area contributed by atoms with Gasteiger partial charge >= 0.3 is 0 Å². The Morgan fingerprint density at radius 2 is 1.89 bits per heavy atom. The van der Waals surface area contributed by atoms with Crippen molar-refractivity contribution in [2.24, 2.45) is 5.41 Å². The second kappa shape index (κ2) is 6.75. The zero-order chi connectivity index (χ0) is 14.5. The van der Waals surface area contributed by atoms with Crippen LogP contribution in [0, 0.1) is 12.0 Å². The van der Waals surface area contributed by atoms with E-state index in [4.69, 9.17) is 6.58 Å². The van der Waals surface area contributed by atoms with Crippen LogP contribution in [0.3, 0.4) is 0 Å². The van der Waals surface area contributed by atoms with Crippen LogP contribution in [-0.4, -0.2) is 0 Å². The molecule has 0 heteroatoms. The first kappa shape index (κ1) is 15.8. The first-order chi connectivity index (χ1) is 8.83. The van der Waals surface area contributed by atoms with E-state index in [0.717, 1.165) is 5.57 Å². The van der Waals surface area contributed by atoms with Gasteiger partial charge in [-0.25, -0.2) is 0 Å². The van der Waals surface area contributed by atoms with Gasteiger partial charge < -0.3 is 0 Å². The van der Waals surface area contributed by atoms with E-state index in [2.05, 4.69) is 45.9 Å². The molecule has 1 aliphatic carbocycles. The Hall–Kier alpha value is -1.30. The zero-order valence-electron chi connectivity index (χ0n) is 13.1. The van der Waals surface area contributed by atoms with Gasteiger partial charge in [-0.05, 0) is 51.0 Å². The van der Waals surface area contributed by atoms with Crippen molar-refractivity contribution in [2.75, 3.05) is 0 Å². The predicted molar refractivity (Wildman–Crippen MR) is 85.9 cm³/mol. The van der Waals surface area contributed by atoms with Gasteiger partial charge in [-0.3, -0.25) is 0 Å². The summed E-state index contributed by atoms with van der Waals surface area (Å²) in [6, 6.07) is 0. The molecule has 0 saturated heterocycles. The molecule has 1 radical (unpaired) electrons. The van der Waals surface area contributed by atoms with Gasteiger partial charge in [0.05, 0.1) is 0 Å². The first-order valence-corrected chi connectivity index (χ1v) is 7.15. The Morgan fingerprint density at radius 1 is 1.21 bits per heavy atom. The van der Waals surface area contributed by atoms with Crippen molar-refractivity contribution >= 4 is 0 Å². The van der Waals surface area contributed by atoms with E-state index < -0.39 is 0 Å². The second-order valence-corrected chi connectivity index (χ2v) is 6.28. The van der Waals surface area contributed by atoms with Crippen LogP contribution >= 0.6 is 0 Å². The maximum Gasteiger partial charge on any atom is -0.0104 e. The fourth-order valence-electron chi connectivity index (χ4n) is 2.63. The third-order valence-corrected chi connectivity index (χ3v) is 3.77. The smallest absolute Gasteiger partial charge is 0.0104 e. The highest BCUT2D eigenvalue weighted by molar-refractivity contribution is 5.36. The summed E-state index contributed by atoms with van der Waals surface area (Å²) < 4.78 is 0. The lowest BCUT2D eigenvalue weighted by Crippen LogP contribution is -2.19. The molecule has 0 nitrogen and oxygen atoms in total. The topological polar surface area (TPSA) is 0 Å². The summed E-state index contributed by atoms with van der Waals surface area (Å²) >= 11 is 0. The third kappa shape index (κ3) is 5.06. The fraction of sp³-hybridized carbons (Fsp3) is 0.474. The molecule has 0 atom stereocenters. The van der Waals surface area contributed by atoms with Crippen molar-refractivity contribution in [1.82, 2.24) is 0 Å². The Labute approximate surface area is 119 Å². The summed E-state index contributed by atoms with van der Waals surface area (Å²) in [4.78, 5) is 0. The number of hydrogen-bond acceptors (Lipinski definition) is 0. The average molecular weight is 255 g/mol. The second-order valence-electron chi connectivity index (χ2n) is 6.28. The Balaban J connectivity index is 2.83. The molecule has 0 saturated carbocycles. The van der Waals surface area contributed by atoms with Crippen LogP contribution in [0.25, 0.3) is 0 Å². The molecular formula is C19H27. The normalized spacial score (nSPS) is 20.6. The molecule has 103 valence electrons. The molecule has 0 bridgehead atoms. The Bertz CT molecular complexity index is 450. The van der Waals surface area contributed by atoms with Gasteiger partial charge in [-0.15, -0.1) is 0 Å². The first-order valence-electron chi connectivity index (χ1n) is 7.15. The fourth-order valence-corrected chi connectivity index (χ4v) is 2.63. The minimum atomic E-state index is 0.316. The monoisotopic (exact) mass is 255 g/mol. The summed E-state index contributed by atoms with van der Waals surface area (Å²) in [6.45, 7) is 16.6. The lowest BCUT2D eigenvalue weighted by Gasteiger charge is -2.32. The quantitative estimate of drug-likeness (QED) is 0.544. The molecule has 0 aromatic rings. The SMILES string of the molecule is [CH]=C(C)/C=C/C=C(C)/C=C/C1=C(C)CCCC1(C)C. The minimum Gasteiger partial charge on any atom is -0.0696 e. The summed E-state index contributed by atoms with van der Waals surface area (Å²) in [5, 5.41) is 0. The lowest BCUT2D eigenvalue weighted by atomic mass is 9.72. The van der Waals surface area contributed by atoms with Crippen LogP contribution in [0.1, 0.15) is 53.9 Å². The molecule has 1 rings (SSSR count). The molecule has 0 aromatic heterocycles. The molecule has 19 heavy (non-hydrogen) atoms. The van der Waals surface area contributed by atoms with Crippen molar-refractivity contribution in [3.05, 3.63) is 59.3 Å². The van der Waals surface area contributed by atoms with Gasteiger partial charge in [0.2, 0.25) is 0 Å². The van der Waals surface area contributed by atoms with Crippen molar-refractivity contribution in [1.29, 1.82) is 0 Å². The molecule has 0 fully saturated rings. The zero-order valence-corrected chi connectivity index (χ0v) is 13.1. The third-order valence-electron chi connectivity index (χ3n) is 3.77. The van der Waals surface area contributed by atoms with Crippen molar-refractivity contribution in [3.8, 4) is 0 Å². The van der Waals surface area contributed by atoms with Crippen LogP contribution < -0.4 is 0 Å². The molecule has 0 heterocycles. The molecule has 0 N–H and O–H groups in total. The van der Waals surface area contributed by atoms with Gasteiger partial charge in [0.15, 0.2) is 0 Å². The highest BCUT2D eigenvalue weighted by Crippen LogP contribution is 2.40. The lowest BCUT2D eigenvalue weighted by molar-refractivity contribution is 0.377. The van der Waals surface area contributed by atoms with Gasteiger partial charge in [0.1, 0.15) is 0 Å². The molecule has 0 spiro atoms. The standard InChI is InChI=1S/C19H27/c1-15(2)9-7-10-16(3)12-13-18-17(4)11-8-14-19(18,5)6/h1,7,9-10,12-13H,8,11,14H2,2-6H3/b9-7+,13-12+,15-1?,16-10+. The van der Waals surface area contributed by atoms with Gasteiger partial charge in [-0.2, -0.15) is 0 Å². The largest absolute Gasteiger partial charge is 0.0696 e. The summed E-state index contributed by atoms with van der Waals surface area (Å²) in [5.74, 6) is 0. The number of rotatable bonds is 4. The maximum atomic E-state index is 5.60. The van der Waals surface area contributed by atoms with Gasteiger partial charge in [0.25, 0.3) is 0 Å². The number of hydrogen-bond donors (Lipinski definition) is 0. The van der Waals surface area contributed by atoms with Crippen molar-refractivity contribution in [3.63, 3.8) is 0 Å². The number of allylic oxidation sites excluding steroid dienone is 9. The molecule has 0 aliphatic heterocycles. The Morgan fingerprint density at radius 3 is 2.47 bits per heavy atom. The van der Waals surface area contributed by atoms with E-state index >= 15 is 0 Å². The predicted octanol–water partition coefficient (Wildman–Crippen LogP) is 5.95. The van der Waals surface area contributed by atoms with Crippen LogP contribution in [0.4, 0.5) is 0 Å². The highest BCUT2D eigenvalue weighted by atomic mass is 14.3. The van der Waals surface area contributed by atoms with Crippen molar-refractivity contribution < 1.29 is 0 Å². The van der Waals surface area contributed by atoms with Crippen LogP contribution in [0.5, 0.6) is 0 Å². The van der Waals surface area contributed by atoms with E-state index in [1.165, 1.54) is 30.4 Å². The van der Waals surface area contributed by atoms with E-state index in [0.29, 0.717) is 5.41 Å². The molecular weight excluding hydrogens is 228 g/mol. The van der Waals surface area contributed by atoms with E-state index in [1.54, 1.807) is 5.57 Å². The van der Waals surface area contributed by atoms with Gasteiger partial charge in [0, 0.05) is 0 Å². The summed E-state index contributed by atoms with van der Waals surface area (Å²) in [7, 11) is 0. The van der Waals surface area contributed by atoms with Crippen molar-refractivity contribution in [2.45, 2.75) is 53.9 Å². The van der Waals surface area contributed by atoms with E-state index in [-0.39, 0.29) is 0 Å². The molecule has 0 amide bonds. The average Bonchev–Trinajstić information content (AvgIpc) is 2.26. The molecule has 0 unspecified atom stereocenters. The minimum absolute atomic E-state index is 0.316. The van der Waals surface area contributed by atoms with Crippen LogP contribution in [0.2, 0.25) is 0 Å². The van der Waals surface area contributed by atoms with E-state index in [1.807, 2.05) is 19.1 Å². The van der Waals surface area contributed by atoms with Gasteiger partial charge in [-0.1, -0.05) is 67.5 Å². The van der Waals surface area contributed by atoms with Crippen LogP contribution in [0.15, 0.2) is 52.7 Å². The summed E-state index contributed by atoms with van der Waals surface area (Å²) in [6.07, 6.45) is 14.4. The molecule has 0 aromatic carbocycles. The summed E-state index contributed by atoms with van der Waals surface area (Å²) in [5.41, 5.74) is 5.45. The maximum absolute atomic E-state index is 5.60. The van der Waals surface area contributed by atoms with Crippen LogP contribution in [-0.2, 0) is 0 Å².